The summed E-state index contributed by atoms with van der Waals surface area (Å²) < 4.78 is 12.3. The van der Waals surface area contributed by atoms with Crippen molar-refractivity contribution in [1.82, 2.24) is 10.2 Å². The van der Waals surface area contributed by atoms with Crippen LogP contribution < -0.4 is 15.4 Å². The summed E-state index contributed by atoms with van der Waals surface area (Å²) >= 11 is 0. The van der Waals surface area contributed by atoms with Gasteiger partial charge in [0.1, 0.15) is 17.4 Å². The summed E-state index contributed by atoms with van der Waals surface area (Å²) in [5, 5.41) is 17.0. The van der Waals surface area contributed by atoms with Crippen molar-refractivity contribution in [3.8, 4) is 5.75 Å². The number of nitrogens with one attached hydrogen (secondary N) is 2. The van der Waals surface area contributed by atoms with E-state index in [4.69, 9.17) is 9.47 Å². The van der Waals surface area contributed by atoms with E-state index in [9.17, 15) is 19.5 Å². The number of benzene rings is 2. The highest BCUT2D eigenvalue weighted by Crippen LogP contribution is 2.63. The lowest BCUT2D eigenvalue weighted by Gasteiger charge is -2.40. The van der Waals surface area contributed by atoms with Gasteiger partial charge in [-0.2, -0.15) is 0 Å². The molecule has 2 aromatic rings. The molecule has 3 saturated heterocycles. The second kappa shape index (κ2) is 12.1. The predicted molar refractivity (Wildman–Crippen MR) is 173 cm³/mol. The zero-order valence-electron chi connectivity index (χ0n) is 27.7. The molecule has 6 atom stereocenters. The van der Waals surface area contributed by atoms with E-state index in [1.54, 1.807) is 29.2 Å². The van der Waals surface area contributed by atoms with Gasteiger partial charge in [-0.15, -0.1) is 0 Å². The summed E-state index contributed by atoms with van der Waals surface area (Å²) in [4.78, 5) is 44.7. The number of rotatable bonds is 11. The zero-order valence-corrected chi connectivity index (χ0v) is 27.7. The second-order valence-electron chi connectivity index (χ2n) is 15.1. The molecule has 45 heavy (non-hydrogen) atoms. The molecule has 3 aliphatic rings. The van der Waals surface area contributed by atoms with Gasteiger partial charge in [0.05, 0.1) is 36.7 Å². The Bertz CT molecular complexity index is 1400. The number of carbonyl (C=O) groups is 3. The Labute approximate surface area is 267 Å². The van der Waals surface area contributed by atoms with E-state index in [-0.39, 0.29) is 29.7 Å². The molecule has 0 aliphatic carbocycles. The first-order valence-corrected chi connectivity index (χ1v) is 16.2. The molecule has 2 unspecified atom stereocenters. The Kier molecular flexibility index (Phi) is 8.83. The molecule has 3 aliphatic heterocycles. The monoisotopic (exact) mass is 619 g/mol. The fraction of sp³-hybridized carbons (Fsp3) is 0.583. The largest absolute Gasteiger partial charge is 0.494 e. The first-order valence-electron chi connectivity index (χ1n) is 16.2. The van der Waals surface area contributed by atoms with Crippen LogP contribution in [0.5, 0.6) is 5.75 Å². The highest BCUT2D eigenvalue weighted by atomic mass is 16.5. The van der Waals surface area contributed by atoms with Crippen molar-refractivity contribution >= 4 is 23.4 Å². The van der Waals surface area contributed by atoms with Gasteiger partial charge in [0, 0.05) is 11.2 Å². The maximum atomic E-state index is 14.7. The van der Waals surface area contributed by atoms with Gasteiger partial charge < -0.3 is 30.1 Å². The van der Waals surface area contributed by atoms with Gasteiger partial charge >= 0.3 is 0 Å². The zero-order chi connectivity index (χ0) is 32.8. The molecule has 3 amide bonds. The number of amides is 3. The van der Waals surface area contributed by atoms with Crippen molar-refractivity contribution in [2.24, 2.45) is 17.3 Å². The van der Waals surface area contributed by atoms with Crippen molar-refractivity contribution in [2.75, 3.05) is 18.5 Å². The van der Waals surface area contributed by atoms with E-state index in [1.165, 1.54) is 0 Å². The van der Waals surface area contributed by atoms with E-state index in [2.05, 4.69) is 31.4 Å². The minimum absolute atomic E-state index is 0.0520. The van der Waals surface area contributed by atoms with Crippen LogP contribution in [0, 0.1) is 17.3 Å². The van der Waals surface area contributed by atoms with Crippen molar-refractivity contribution in [2.45, 2.75) is 103 Å². The fourth-order valence-electron chi connectivity index (χ4n) is 8.39. The smallest absolute Gasteiger partial charge is 0.246 e. The summed E-state index contributed by atoms with van der Waals surface area (Å²) in [5.74, 6) is -1.95. The number of carbonyl (C=O) groups excluding carboxylic acids is 3. The molecule has 9 nitrogen and oxygen atoms in total. The lowest BCUT2D eigenvalue weighted by molar-refractivity contribution is -0.149. The van der Waals surface area contributed by atoms with E-state index < -0.39 is 40.7 Å². The van der Waals surface area contributed by atoms with Crippen LogP contribution in [0.2, 0.25) is 0 Å². The molecule has 0 saturated carbocycles. The average molecular weight is 620 g/mol. The first kappa shape index (κ1) is 32.9. The number of likely N-dealkylation sites (tertiary alicyclic amines) is 1. The standard InChI is InChI=1S/C36H49N3O6/c1-8-44-26-16-14-24(15-17-26)37-30(41)27-28-32(43)39(25(21-40)20-23-12-10-9-11-13-23)29(36(28)19-18-35(27,7)45-36)31(42)38-34(5,6)22-33(2,3)4/h9-17,25,27-29,40H,8,18-22H2,1-7H3,(H,37,41)(H,38,42)/t25-,27+,28+,29?,35-,36?/m1/s1. The summed E-state index contributed by atoms with van der Waals surface area (Å²) in [6, 6.07) is 15.1. The van der Waals surface area contributed by atoms with Gasteiger partial charge in [-0.05, 0) is 88.6 Å². The van der Waals surface area contributed by atoms with Gasteiger partial charge in [-0.25, -0.2) is 0 Å². The van der Waals surface area contributed by atoms with E-state index in [1.807, 2.05) is 58.0 Å². The maximum Gasteiger partial charge on any atom is 0.246 e. The predicted octanol–water partition coefficient (Wildman–Crippen LogP) is 4.72. The average Bonchev–Trinajstić information content (AvgIpc) is 3.52. The molecule has 3 N–H and O–H groups in total. The summed E-state index contributed by atoms with van der Waals surface area (Å²) in [6.45, 7) is 14.3. The molecular formula is C36H49N3O6. The maximum absolute atomic E-state index is 14.7. The van der Waals surface area contributed by atoms with Crippen LogP contribution in [0.1, 0.15) is 73.3 Å². The molecule has 3 fully saturated rings. The molecule has 0 radical (unpaired) electrons. The number of nitrogens with zero attached hydrogens (tertiary/aromatic N) is 1. The van der Waals surface area contributed by atoms with Gasteiger partial charge in [0.25, 0.3) is 0 Å². The highest BCUT2D eigenvalue weighted by molar-refractivity contribution is 6.02. The molecule has 9 heteroatoms. The second-order valence-corrected chi connectivity index (χ2v) is 15.1. The summed E-state index contributed by atoms with van der Waals surface area (Å²) in [5.41, 5.74) is -1.22. The third-order valence-corrected chi connectivity index (χ3v) is 9.53. The lowest BCUT2D eigenvalue weighted by atomic mass is 9.66. The van der Waals surface area contributed by atoms with Crippen molar-refractivity contribution < 1.29 is 29.0 Å². The number of fused-ring (bicyclic) bond motifs is 1. The van der Waals surface area contributed by atoms with Crippen LogP contribution in [0.4, 0.5) is 5.69 Å². The van der Waals surface area contributed by atoms with Gasteiger partial charge in [0.2, 0.25) is 17.7 Å². The van der Waals surface area contributed by atoms with Crippen molar-refractivity contribution in [3.63, 3.8) is 0 Å². The first-order chi connectivity index (χ1) is 21.1. The van der Waals surface area contributed by atoms with E-state index in [0.717, 1.165) is 5.56 Å². The SMILES string of the molecule is CCOc1ccc(NC(=O)[C@@H]2[C@H]3C(=O)N([C@@H](CO)Cc4ccccc4)C(C(=O)NC(C)(C)CC(C)(C)C)C34CC[C@@]2(C)O4)cc1. The highest BCUT2D eigenvalue weighted by Gasteiger charge is 2.78. The van der Waals surface area contributed by atoms with Crippen LogP contribution in [0.25, 0.3) is 0 Å². The van der Waals surface area contributed by atoms with E-state index in [0.29, 0.717) is 43.7 Å². The Morgan fingerprint density at radius 3 is 2.31 bits per heavy atom. The third-order valence-electron chi connectivity index (χ3n) is 9.53. The molecule has 0 aromatic heterocycles. The van der Waals surface area contributed by atoms with Crippen LogP contribution in [-0.2, 0) is 25.5 Å². The third kappa shape index (κ3) is 6.34. The number of hydrogen-bond donors (Lipinski definition) is 3. The van der Waals surface area contributed by atoms with Crippen LogP contribution >= 0.6 is 0 Å². The summed E-state index contributed by atoms with van der Waals surface area (Å²) in [6.07, 6.45) is 2.07. The molecule has 3 heterocycles. The molecular weight excluding hydrogens is 570 g/mol. The normalized spacial score (nSPS) is 28.1. The van der Waals surface area contributed by atoms with Crippen LogP contribution in [0.3, 0.4) is 0 Å². The Morgan fingerprint density at radius 1 is 1.04 bits per heavy atom. The number of ether oxygens (including phenoxy) is 2. The molecule has 2 bridgehead atoms. The van der Waals surface area contributed by atoms with Crippen molar-refractivity contribution in [3.05, 3.63) is 60.2 Å². The molecule has 1 spiro atoms. The topological polar surface area (TPSA) is 117 Å². The number of anilines is 1. The van der Waals surface area contributed by atoms with Crippen LogP contribution in [-0.4, -0.2) is 69.8 Å². The molecule has 5 rings (SSSR count). The number of aliphatic hydroxyl groups is 1. The van der Waals surface area contributed by atoms with Gasteiger partial charge in [-0.1, -0.05) is 51.1 Å². The number of aliphatic hydroxyl groups excluding tert-OH is 1. The van der Waals surface area contributed by atoms with Crippen LogP contribution in [0.15, 0.2) is 54.6 Å². The minimum atomic E-state index is -1.20. The Morgan fingerprint density at radius 2 is 1.71 bits per heavy atom. The summed E-state index contributed by atoms with van der Waals surface area (Å²) in [7, 11) is 0. The van der Waals surface area contributed by atoms with Gasteiger partial charge in [0.15, 0.2) is 0 Å². The van der Waals surface area contributed by atoms with Gasteiger partial charge in [-0.3, -0.25) is 14.4 Å². The Hall–Kier alpha value is -3.43. The minimum Gasteiger partial charge on any atom is -0.494 e. The number of hydrogen-bond acceptors (Lipinski definition) is 6. The van der Waals surface area contributed by atoms with Crippen molar-refractivity contribution in [1.29, 1.82) is 0 Å². The van der Waals surface area contributed by atoms with E-state index >= 15 is 0 Å². The Balaban J connectivity index is 1.51. The quantitative estimate of drug-likeness (QED) is 0.335. The fourth-order valence-corrected chi connectivity index (χ4v) is 8.39. The lowest BCUT2D eigenvalue weighted by Crippen LogP contribution is -2.61. The molecule has 244 valence electrons. The molecule has 2 aromatic carbocycles.